The van der Waals surface area contributed by atoms with Gasteiger partial charge in [-0.25, -0.2) is 4.79 Å². The fourth-order valence-corrected chi connectivity index (χ4v) is 6.75. The van der Waals surface area contributed by atoms with Crippen molar-refractivity contribution in [2.45, 2.75) is 129 Å². The molecule has 2 unspecified atom stereocenters. The van der Waals surface area contributed by atoms with E-state index in [1.807, 2.05) is 0 Å². The van der Waals surface area contributed by atoms with Crippen LogP contribution in [0.2, 0.25) is 18.1 Å². The Morgan fingerprint density at radius 1 is 0.967 bits per heavy atom. The topological polar surface area (TPSA) is 61.8 Å². The van der Waals surface area contributed by atoms with E-state index in [2.05, 4.69) is 27.7 Å². The molecule has 0 bridgehead atoms. The lowest BCUT2D eigenvalue weighted by Crippen LogP contribution is -2.42. The Kier molecular flexibility index (Phi) is 13.3. The summed E-state index contributed by atoms with van der Waals surface area (Å²) >= 11 is 0. The summed E-state index contributed by atoms with van der Waals surface area (Å²) in [5.41, 5.74) is 0.682. The Balaban J connectivity index is 2.61. The molecule has 6 heteroatoms. The second kappa shape index (κ2) is 14.8. The fraction of sp³-hybridized carbons (Fsp3) is 0.833. The number of hydrogen-bond acceptors (Lipinski definition) is 5. The summed E-state index contributed by atoms with van der Waals surface area (Å²) in [6.45, 7) is 10.1. The molecule has 174 valence electrons. The third-order valence-electron chi connectivity index (χ3n) is 6.32. The molecule has 0 saturated carbocycles. The van der Waals surface area contributed by atoms with Crippen LogP contribution in [0, 0.1) is 0 Å². The van der Waals surface area contributed by atoms with Gasteiger partial charge in [0, 0.05) is 18.6 Å². The van der Waals surface area contributed by atoms with Gasteiger partial charge in [0.2, 0.25) is 6.29 Å². The SMILES string of the molecule is CCCCCCCCCCCC(OC(C)=O)C1=CC(=O)OC1O[Si](CC)(CC)CC. The summed E-state index contributed by atoms with van der Waals surface area (Å²) in [7, 11) is -1.96. The van der Waals surface area contributed by atoms with Crippen molar-refractivity contribution in [3.8, 4) is 0 Å². The van der Waals surface area contributed by atoms with Gasteiger partial charge in [-0.1, -0.05) is 79.1 Å². The number of cyclic esters (lactones) is 1. The Bertz CT molecular complexity index is 533. The number of rotatable bonds is 17. The van der Waals surface area contributed by atoms with E-state index in [1.54, 1.807) is 0 Å². The molecule has 1 aliphatic heterocycles. The molecule has 1 heterocycles. The molecule has 5 nitrogen and oxygen atoms in total. The predicted molar refractivity (Wildman–Crippen MR) is 124 cm³/mol. The van der Waals surface area contributed by atoms with E-state index in [9.17, 15) is 9.59 Å². The number of esters is 2. The third-order valence-corrected chi connectivity index (χ3v) is 10.9. The molecule has 0 aromatic carbocycles. The molecule has 0 aromatic heterocycles. The summed E-state index contributed by atoms with van der Waals surface area (Å²) in [6, 6.07) is 2.91. The average Bonchev–Trinajstić information content (AvgIpc) is 3.09. The first-order valence-corrected chi connectivity index (χ1v) is 14.7. The summed E-state index contributed by atoms with van der Waals surface area (Å²) < 4.78 is 17.5. The van der Waals surface area contributed by atoms with Gasteiger partial charge in [0.25, 0.3) is 0 Å². The molecular formula is C24H44O5Si. The Labute approximate surface area is 185 Å². The van der Waals surface area contributed by atoms with Crippen LogP contribution >= 0.6 is 0 Å². The van der Waals surface area contributed by atoms with E-state index in [1.165, 1.54) is 57.9 Å². The number of carbonyl (C=O) groups excluding carboxylic acids is 2. The van der Waals surface area contributed by atoms with Crippen LogP contribution in [-0.4, -0.2) is 32.6 Å². The van der Waals surface area contributed by atoms with Crippen molar-refractivity contribution in [1.29, 1.82) is 0 Å². The average molecular weight is 441 g/mol. The zero-order valence-corrected chi connectivity index (χ0v) is 21.0. The van der Waals surface area contributed by atoms with Crippen LogP contribution in [0.25, 0.3) is 0 Å². The van der Waals surface area contributed by atoms with Crippen LogP contribution in [0.1, 0.15) is 98.8 Å². The number of hydrogen-bond donors (Lipinski definition) is 0. The molecule has 30 heavy (non-hydrogen) atoms. The van der Waals surface area contributed by atoms with Crippen molar-refractivity contribution < 1.29 is 23.5 Å². The normalized spacial score (nSPS) is 17.6. The molecule has 0 saturated heterocycles. The minimum atomic E-state index is -1.96. The van der Waals surface area contributed by atoms with E-state index in [-0.39, 0.29) is 5.97 Å². The van der Waals surface area contributed by atoms with Crippen LogP contribution in [0.15, 0.2) is 11.6 Å². The molecule has 0 amide bonds. The van der Waals surface area contributed by atoms with Gasteiger partial charge in [0.15, 0.2) is 8.32 Å². The molecule has 1 aliphatic rings. The first-order valence-electron chi connectivity index (χ1n) is 12.2. The van der Waals surface area contributed by atoms with Crippen molar-refractivity contribution >= 4 is 20.3 Å². The molecular weight excluding hydrogens is 396 g/mol. The van der Waals surface area contributed by atoms with Gasteiger partial charge in [0.1, 0.15) is 6.10 Å². The molecule has 1 rings (SSSR count). The van der Waals surface area contributed by atoms with Crippen LogP contribution in [0.4, 0.5) is 0 Å². The van der Waals surface area contributed by atoms with E-state index in [0.29, 0.717) is 12.0 Å². The van der Waals surface area contributed by atoms with Crippen molar-refractivity contribution in [2.75, 3.05) is 0 Å². The van der Waals surface area contributed by atoms with Gasteiger partial charge in [-0.3, -0.25) is 4.79 Å². The minimum absolute atomic E-state index is 0.333. The van der Waals surface area contributed by atoms with Crippen molar-refractivity contribution in [1.82, 2.24) is 0 Å². The van der Waals surface area contributed by atoms with E-state index in [0.717, 1.165) is 31.0 Å². The van der Waals surface area contributed by atoms with E-state index < -0.39 is 26.7 Å². The number of carbonyl (C=O) groups is 2. The van der Waals surface area contributed by atoms with Crippen LogP contribution in [0.5, 0.6) is 0 Å². The van der Waals surface area contributed by atoms with Gasteiger partial charge < -0.3 is 13.9 Å². The Morgan fingerprint density at radius 2 is 1.50 bits per heavy atom. The Morgan fingerprint density at radius 3 is 2.00 bits per heavy atom. The standard InChI is InChI=1S/C24H44O5Si/c1-6-10-11-12-13-14-15-16-17-18-22(27-20(5)25)21-19-23(26)28-24(21)29-30(7-2,8-3)9-4/h19,22,24H,6-18H2,1-5H3. The molecule has 2 atom stereocenters. The van der Waals surface area contributed by atoms with Gasteiger partial charge in [-0.2, -0.15) is 0 Å². The van der Waals surface area contributed by atoms with Crippen molar-refractivity contribution in [2.24, 2.45) is 0 Å². The van der Waals surface area contributed by atoms with Crippen LogP contribution in [0.3, 0.4) is 0 Å². The highest BCUT2D eigenvalue weighted by Crippen LogP contribution is 2.32. The molecule has 0 N–H and O–H groups in total. The number of ether oxygens (including phenoxy) is 2. The van der Waals surface area contributed by atoms with Crippen LogP contribution < -0.4 is 0 Å². The molecule has 0 radical (unpaired) electrons. The monoisotopic (exact) mass is 440 g/mol. The van der Waals surface area contributed by atoms with Gasteiger partial charge in [0.05, 0.1) is 0 Å². The predicted octanol–water partition coefficient (Wildman–Crippen LogP) is 6.67. The quantitative estimate of drug-likeness (QED) is 0.144. The summed E-state index contributed by atoms with van der Waals surface area (Å²) in [4.78, 5) is 23.7. The summed E-state index contributed by atoms with van der Waals surface area (Å²) in [5.74, 6) is -0.731. The van der Waals surface area contributed by atoms with Gasteiger partial charge in [-0.05, 0) is 31.0 Å². The summed E-state index contributed by atoms with van der Waals surface area (Å²) in [6.07, 6.45) is 12.1. The smallest absolute Gasteiger partial charge is 0.333 e. The lowest BCUT2D eigenvalue weighted by Gasteiger charge is -2.33. The second-order valence-corrected chi connectivity index (χ2v) is 13.2. The maximum atomic E-state index is 12.0. The zero-order chi connectivity index (χ0) is 22.4. The van der Waals surface area contributed by atoms with Crippen LogP contribution in [-0.2, 0) is 23.5 Å². The van der Waals surface area contributed by atoms with Gasteiger partial charge in [-0.15, -0.1) is 0 Å². The van der Waals surface area contributed by atoms with Gasteiger partial charge >= 0.3 is 11.9 Å². The third kappa shape index (κ3) is 9.34. The lowest BCUT2D eigenvalue weighted by atomic mass is 10.0. The summed E-state index contributed by atoms with van der Waals surface area (Å²) in [5, 5.41) is 0. The van der Waals surface area contributed by atoms with E-state index >= 15 is 0 Å². The molecule has 0 spiro atoms. The molecule has 0 fully saturated rings. The fourth-order valence-electron chi connectivity index (χ4n) is 4.11. The zero-order valence-electron chi connectivity index (χ0n) is 20.0. The van der Waals surface area contributed by atoms with Crippen molar-refractivity contribution in [3.63, 3.8) is 0 Å². The molecule has 0 aliphatic carbocycles. The Hall–Kier alpha value is -1.14. The maximum absolute atomic E-state index is 12.0. The van der Waals surface area contributed by atoms with E-state index in [4.69, 9.17) is 13.9 Å². The highest BCUT2D eigenvalue weighted by atomic mass is 28.4. The lowest BCUT2D eigenvalue weighted by molar-refractivity contribution is -0.152. The largest absolute Gasteiger partial charge is 0.458 e. The minimum Gasteiger partial charge on any atom is -0.458 e. The molecule has 0 aromatic rings. The first kappa shape index (κ1) is 26.9. The maximum Gasteiger partial charge on any atom is 0.333 e. The highest BCUT2D eigenvalue weighted by Gasteiger charge is 2.40. The number of unbranched alkanes of at least 4 members (excludes halogenated alkanes) is 8. The highest BCUT2D eigenvalue weighted by molar-refractivity contribution is 6.73. The first-order chi connectivity index (χ1) is 14.4. The second-order valence-electron chi connectivity index (χ2n) is 8.49. The van der Waals surface area contributed by atoms with Crippen molar-refractivity contribution in [3.05, 3.63) is 11.6 Å².